The SMILES string of the molecule is CC(=O)c1ccc2n1CCN(C)C21CCN(C(=O)c2ccc(C(OCC(F)(F)F)OCC(F)(F)F)c(Cl)c2)CC1.CCCCc1ccc(C(=O)N2CCC3(CC2)c2ccc(C(=O)C(F)(F)F)n2CCN3C)cc1.CCOC(=O)N1CCn2c(C(F)(F)F)ccc2C12CCN(C(=O)c1ccc(OC(C)C)c(OC)c1)CC2. The standard InChI is InChI=1S/C26H28ClF6N3O4.C26H32F3N3O5.C25H30F3N3O2/c1-16(37)20-5-6-21-24(34(2)11-12-36(20)21)7-9-35(10-8-24)22(38)17-3-4-18(19(27)13-17)23(39-14-25(28,29)30)40-15-26(31,32)33;1-5-36-24(34)32-15-14-31-21(8-9-22(31)26(27,28)29)25(32)10-12-30(13-11-25)23(33)18-6-7-19(37-17(2)3)20(16-18)35-4;1-3-4-5-18-6-8-19(9-7-18)23(33)30-14-12-24(13-15-30)21-11-10-20(22(32)25(26,27)28)31(21)17-16-29(24)2/h3-6,13,23H,7-12,14-15H2,1-2H3;6-9,16-17H,5,10-15H2,1-4H3;6-11H,3-5,12-17H2,1-2H3. The Morgan fingerprint density at radius 3 is 1.44 bits per heavy atom. The van der Waals surface area contributed by atoms with Gasteiger partial charge in [0.1, 0.15) is 18.9 Å². The first kappa shape index (κ1) is 83.9. The van der Waals surface area contributed by atoms with Crippen LogP contribution in [0.5, 0.6) is 11.5 Å². The summed E-state index contributed by atoms with van der Waals surface area (Å²) in [5.41, 5.74) is 2.09. The smallest absolute Gasteiger partial charge is 0.456 e. The molecule has 9 heterocycles. The summed E-state index contributed by atoms with van der Waals surface area (Å²) >= 11 is 6.20. The largest absolute Gasteiger partial charge is 0.493 e. The number of unbranched alkanes of at least 4 members (excludes halogenated alkanes) is 1. The van der Waals surface area contributed by atoms with Crippen LogP contribution in [0.25, 0.3) is 0 Å². The second kappa shape index (κ2) is 33.8. The second-order valence-corrected chi connectivity index (χ2v) is 29.0. The molecule has 3 spiro atoms. The number of piperidine rings is 3. The van der Waals surface area contributed by atoms with E-state index in [4.69, 9.17) is 25.8 Å². The van der Waals surface area contributed by atoms with Gasteiger partial charge in [-0.2, -0.15) is 52.7 Å². The number of hydrogen-bond acceptors (Lipinski definition) is 13. The molecule has 6 aromatic rings. The van der Waals surface area contributed by atoms with Crippen molar-refractivity contribution in [1.29, 1.82) is 0 Å². The molecule has 3 aromatic carbocycles. The number of nitrogens with zero attached hydrogens (tertiary/aromatic N) is 9. The maximum absolute atomic E-state index is 13.7. The fourth-order valence-electron chi connectivity index (χ4n) is 15.9. The predicted octanol–water partition coefficient (Wildman–Crippen LogP) is 15.1. The third-order valence-corrected chi connectivity index (χ3v) is 21.9. The number of fused-ring (bicyclic) bond motifs is 6. The number of likely N-dealkylation sites (N-methyl/N-ethyl adjacent to an activating group) is 2. The lowest BCUT2D eigenvalue weighted by molar-refractivity contribution is -0.262. The molecule has 600 valence electrons. The lowest BCUT2D eigenvalue weighted by Crippen LogP contribution is -2.60. The zero-order valence-corrected chi connectivity index (χ0v) is 63.0. The lowest BCUT2D eigenvalue weighted by Gasteiger charge is -2.51. The van der Waals surface area contributed by atoms with Crippen LogP contribution in [0, 0.1) is 0 Å². The van der Waals surface area contributed by atoms with E-state index in [1.54, 1.807) is 41.0 Å². The molecule has 3 saturated heterocycles. The fraction of sp³-hybridized carbons (Fsp3) is 0.532. The molecular weight excluding hydrogens is 1490 g/mol. The van der Waals surface area contributed by atoms with E-state index < -0.39 is 72.9 Å². The van der Waals surface area contributed by atoms with Gasteiger partial charge < -0.3 is 52.1 Å². The molecule has 4 amide bonds. The third-order valence-electron chi connectivity index (χ3n) is 21.6. The summed E-state index contributed by atoms with van der Waals surface area (Å²) in [5, 5.41) is -0.268. The summed E-state index contributed by atoms with van der Waals surface area (Å²) in [5.74, 6) is -1.49. The third kappa shape index (κ3) is 18.1. The first-order valence-corrected chi connectivity index (χ1v) is 36.8. The topological polar surface area (TPSA) is 183 Å². The van der Waals surface area contributed by atoms with Crippen molar-refractivity contribution in [2.45, 2.75) is 166 Å². The Bertz CT molecular complexity index is 4260. The zero-order chi connectivity index (χ0) is 80.2. The minimum absolute atomic E-state index is 0.0188. The van der Waals surface area contributed by atoms with E-state index in [-0.39, 0.29) is 103 Å². The van der Waals surface area contributed by atoms with Crippen LogP contribution in [0.3, 0.4) is 0 Å². The van der Waals surface area contributed by atoms with Crippen molar-refractivity contribution in [3.63, 3.8) is 0 Å². The number of carbonyl (C=O) groups is 6. The van der Waals surface area contributed by atoms with Crippen molar-refractivity contribution in [2.75, 3.05) is 99.9 Å². The summed E-state index contributed by atoms with van der Waals surface area (Å²) in [6.07, 6.45) is -15.5. The van der Waals surface area contributed by atoms with Gasteiger partial charge in [0.15, 0.2) is 23.6 Å². The number of ketones is 2. The van der Waals surface area contributed by atoms with Crippen LogP contribution >= 0.6 is 11.6 Å². The minimum Gasteiger partial charge on any atom is -0.493 e. The number of benzene rings is 3. The van der Waals surface area contributed by atoms with Gasteiger partial charge in [0.05, 0.1) is 47.8 Å². The second-order valence-electron chi connectivity index (χ2n) is 28.6. The van der Waals surface area contributed by atoms with Crippen LogP contribution in [0.15, 0.2) is 97.1 Å². The number of hydrogen-bond donors (Lipinski definition) is 0. The monoisotopic (exact) mass is 1580 g/mol. The van der Waals surface area contributed by atoms with Crippen molar-refractivity contribution in [1.82, 2.24) is 43.1 Å². The highest BCUT2D eigenvalue weighted by Crippen LogP contribution is 2.48. The molecule has 0 bridgehead atoms. The number of aromatic nitrogens is 3. The van der Waals surface area contributed by atoms with Gasteiger partial charge in [0, 0.05) is 130 Å². The fourth-order valence-corrected chi connectivity index (χ4v) is 16.2. The van der Waals surface area contributed by atoms with Crippen molar-refractivity contribution < 1.29 is 105 Å². The maximum atomic E-state index is 13.7. The van der Waals surface area contributed by atoms with Crippen LogP contribution in [-0.4, -0.2) is 203 Å². The predicted molar refractivity (Wildman–Crippen MR) is 380 cm³/mol. The molecule has 12 rings (SSSR count). The first-order chi connectivity index (χ1) is 51.8. The molecule has 20 nitrogen and oxygen atoms in total. The van der Waals surface area contributed by atoms with Crippen LogP contribution in [-0.2, 0) is 63.1 Å². The van der Waals surface area contributed by atoms with E-state index in [9.17, 15) is 81.5 Å². The van der Waals surface area contributed by atoms with E-state index in [1.165, 1.54) is 57.9 Å². The Balaban J connectivity index is 0.000000176. The zero-order valence-electron chi connectivity index (χ0n) is 62.3. The summed E-state index contributed by atoms with van der Waals surface area (Å²) in [6.45, 7) is 10.3. The molecule has 0 radical (unpaired) electrons. The van der Waals surface area contributed by atoms with Gasteiger partial charge in [-0.1, -0.05) is 43.1 Å². The summed E-state index contributed by atoms with van der Waals surface area (Å²) < 4.78 is 186. The first-order valence-electron chi connectivity index (χ1n) is 36.4. The van der Waals surface area contributed by atoms with Gasteiger partial charge in [-0.3, -0.25) is 38.7 Å². The number of ether oxygens (including phenoxy) is 5. The lowest BCUT2D eigenvalue weighted by atomic mass is 9.81. The van der Waals surface area contributed by atoms with Crippen LogP contribution in [0.4, 0.5) is 57.5 Å². The normalized spacial score (nSPS) is 17.8. The average molecular weight is 1580 g/mol. The van der Waals surface area contributed by atoms with E-state index >= 15 is 0 Å². The highest BCUT2D eigenvalue weighted by Gasteiger charge is 2.53. The molecule has 0 atom stereocenters. The Morgan fingerprint density at radius 2 is 0.973 bits per heavy atom. The van der Waals surface area contributed by atoms with E-state index in [0.29, 0.717) is 106 Å². The number of halogens is 13. The van der Waals surface area contributed by atoms with Gasteiger partial charge in [0.2, 0.25) is 0 Å². The molecular formula is C77H90ClF12N9O11. The molecule has 6 aliphatic rings. The number of carbonyl (C=O) groups excluding carboxylic acids is 6. The Kier molecular flexibility index (Phi) is 25.8. The molecule has 3 fully saturated rings. The van der Waals surface area contributed by atoms with Crippen LogP contribution < -0.4 is 9.47 Å². The number of Topliss-reactive ketones (excluding diaryl/α,β-unsaturated/α-hetero) is 2. The number of rotatable bonds is 17. The van der Waals surface area contributed by atoms with Gasteiger partial charge >= 0.3 is 30.8 Å². The number of methoxy groups -OCH3 is 1. The van der Waals surface area contributed by atoms with Crippen molar-refractivity contribution >= 4 is 47.0 Å². The molecule has 33 heteroatoms. The number of aryl methyl sites for hydroxylation is 1. The highest BCUT2D eigenvalue weighted by atomic mass is 35.5. The van der Waals surface area contributed by atoms with E-state index in [1.807, 2.05) is 73.8 Å². The molecule has 0 unspecified atom stereocenters. The van der Waals surface area contributed by atoms with Crippen molar-refractivity contribution in [3.05, 3.63) is 164 Å². The molecule has 3 aromatic heterocycles. The summed E-state index contributed by atoms with van der Waals surface area (Å²) in [6, 6.07) is 25.6. The quantitative estimate of drug-likeness (QED) is 0.0478. The minimum atomic E-state index is -4.90. The molecule has 110 heavy (non-hydrogen) atoms. The van der Waals surface area contributed by atoms with Crippen molar-refractivity contribution in [2.24, 2.45) is 0 Å². The summed E-state index contributed by atoms with van der Waals surface area (Å²) in [4.78, 5) is 87.6. The van der Waals surface area contributed by atoms with Gasteiger partial charge in [0.25, 0.3) is 23.5 Å². The van der Waals surface area contributed by atoms with Gasteiger partial charge in [-0.25, -0.2) is 4.79 Å². The van der Waals surface area contributed by atoms with Crippen LogP contribution in [0.2, 0.25) is 5.02 Å². The number of likely N-dealkylation sites (tertiary alicyclic amines) is 3. The molecule has 0 saturated carbocycles. The van der Waals surface area contributed by atoms with Gasteiger partial charge in [-0.15, -0.1) is 0 Å². The maximum Gasteiger partial charge on any atom is 0.456 e. The Labute approximate surface area is 633 Å². The van der Waals surface area contributed by atoms with Crippen molar-refractivity contribution in [3.8, 4) is 11.5 Å². The van der Waals surface area contributed by atoms with E-state index in [0.717, 1.165) is 49.3 Å². The van der Waals surface area contributed by atoms with Crippen LogP contribution in [0.1, 0.15) is 178 Å². The van der Waals surface area contributed by atoms with Gasteiger partial charge in [-0.05, 0) is 171 Å². The molecule has 0 N–H and O–H groups in total. The number of amides is 4. The molecule has 6 aliphatic heterocycles. The Hall–Kier alpha value is -8.59. The highest BCUT2D eigenvalue weighted by molar-refractivity contribution is 6.31. The van der Waals surface area contributed by atoms with E-state index in [2.05, 4.69) is 26.2 Å². The Morgan fingerprint density at radius 1 is 0.518 bits per heavy atom. The summed E-state index contributed by atoms with van der Waals surface area (Å²) in [7, 11) is 5.48. The molecule has 0 aliphatic carbocycles. The number of alkyl halides is 12. The average Bonchev–Trinajstić information content (AvgIpc) is 1.55.